The zero-order valence-electron chi connectivity index (χ0n) is 21.9. The summed E-state index contributed by atoms with van der Waals surface area (Å²) in [5, 5.41) is 6.00. The lowest BCUT2D eigenvalue weighted by atomic mass is 9.90. The van der Waals surface area contributed by atoms with Crippen molar-refractivity contribution >= 4 is 23.6 Å². The molecule has 1 atom stereocenters. The van der Waals surface area contributed by atoms with E-state index in [0.717, 1.165) is 24.0 Å². The van der Waals surface area contributed by atoms with Gasteiger partial charge in [0.15, 0.2) is 0 Å². The Labute approximate surface area is 223 Å². The highest BCUT2D eigenvalue weighted by atomic mass is 16.5. The van der Waals surface area contributed by atoms with Crippen molar-refractivity contribution in [3.8, 4) is 0 Å². The van der Waals surface area contributed by atoms with E-state index in [-0.39, 0.29) is 11.9 Å². The van der Waals surface area contributed by atoms with E-state index in [9.17, 15) is 14.4 Å². The highest BCUT2D eigenvalue weighted by Gasteiger charge is 2.36. The third-order valence-electron chi connectivity index (χ3n) is 6.75. The fourth-order valence-corrected chi connectivity index (χ4v) is 4.79. The summed E-state index contributed by atoms with van der Waals surface area (Å²) in [4.78, 5) is 41.0. The van der Waals surface area contributed by atoms with E-state index in [0.29, 0.717) is 29.1 Å². The fraction of sp³-hybridized carbons (Fsp3) is 0.258. The van der Waals surface area contributed by atoms with Gasteiger partial charge in [-0.3, -0.25) is 9.69 Å². The summed E-state index contributed by atoms with van der Waals surface area (Å²) < 4.78 is 5.08. The molecule has 0 saturated heterocycles. The maximum atomic E-state index is 13.6. The van der Waals surface area contributed by atoms with Crippen molar-refractivity contribution in [3.05, 3.63) is 113 Å². The Bertz CT molecular complexity index is 1280. The molecule has 0 fully saturated rings. The molecule has 7 heteroatoms. The van der Waals surface area contributed by atoms with Crippen LogP contribution in [-0.4, -0.2) is 36.5 Å². The van der Waals surface area contributed by atoms with Crippen molar-refractivity contribution in [2.75, 3.05) is 19.0 Å². The minimum absolute atomic E-state index is 0.183. The van der Waals surface area contributed by atoms with E-state index >= 15 is 0 Å². The van der Waals surface area contributed by atoms with Crippen molar-refractivity contribution in [3.63, 3.8) is 0 Å². The third kappa shape index (κ3) is 5.78. The van der Waals surface area contributed by atoms with E-state index in [1.807, 2.05) is 73.7 Å². The van der Waals surface area contributed by atoms with Gasteiger partial charge in [0, 0.05) is 17.9 Å². The summed E-state index contributed by atoms with van der Waals surface area (Å²) in [7, 11) is 1.33. The van der Waals surface area contributed by atoms with Crippen LogP contribution in [0.4, 0.5) is 10.5 Å². The minimum atomic E-state index is -0.705. The van der Waals surface area contributed by atoms with Crippen molar-refractivity contribution in [1.82, 2.24) is 10.2 Å². The molecule has 0 radical (unpaired) electrons. The minimum Gasteiger partial charge on any atom is -0.466 e. The molecule has 0 bridgehead atoms. The number of amides is 3. The fourth-order valence-electron chi connectivity index (χ4n) is 4.79. The summed E-state index contributed by atoms with van der Waals surface area (Å²) >= 11 is 0. The van der Waals surface area contributed by atoms with Crippen LogP contribution in [-0.2, 0) is 14.3 Å². The molecule has 4 rings (SSSR count). The molecule has 3 amide bonds. The van der Waals surface area contributed by atoms with Gasteiger partial charge in [-0.05, 0) is 42.2 Å². The van der Waals surface area contributed by atoms with E-state index in [4.69, 9.17) is 4.74 Å². The highest BCUT2D eigenvalue weighted by Crippen LogP contribution is 2.33. The first-order valence-electron chi connectivity index (χ1n) is 12.8. The number of nitrogens with one attached hydrogen (secondary N) is 2. The van der Waals surface area contributed by atoms with Crippen molar-refractivity contribution in [2.24, 2.45) is 0 Å². The van der Waals surface area contributed by atoms with E-state index < -0.39 is 17.9 Å². The van der Waals surface area contributed by atoms with Gasteiger partial charge in [0.05, 0.1) is 24.6 Å². The Kier molecular flexibility index (Phi) is 8.58. The van der Waals surface area contributed by atoms with Crippen LogP contribution in [0.25, 0.3) is 0 Å². The molecular weight excluding hydrogens is 478 g/mol. The molecule has 196 valence electrons. The van der Waals surface area contributed by atoms with Crippen LogP contribution in [0.2, 0.25) is 0 Å². The summed E-state index contributed by atoms with van der Waals surface area (Å²) in [5.74, 6) is -1.19. The van der Waals surface area contributed by atoms with Crippen LogP contribution < -0.4 is 10.6 Å². The van der Waals surface area contributed by atoms with Gasteiger partial charge in [-0.1, -0.05) is 86.1 Å². The number of allylic oxidation sites excluding steroid dienone is 1. The Morgan fingerprint density at radius 1 is 0.974 bits per heavy atom. The number of hydrogen-bond acceptors (Lipinski definition) is 4. The van der Waals surface area contributed by atoms with E-state index in [1.165, 1.54) is 7.11 Å². The van der Waals surface area contributed by atoms with Gasteiger partial charge in [-0.2, -0.15) is 0 Å². The van der Waals surface area contributed by atoms with Gasteiger partial charge in [0.1, 0.15) is 0 Å². The summed E-state index contributed by atoms with van der Waals surface area (Å²) in [6.45, 7) is 4.33. The number of methoxy groups -OCH3 is 1. The van der Waals surface area contributed by atoms with Gasteiger partial charge in [0.2, 0.25) is 5.91 Å². The lowest BCUT2D eigenvalue weighted by Gasteiger charge is -2.35. The molecule has 1 heterocycles. The number of benzene rings is 3. The predicted octanol–water partition coefficient (Wildman–Crippen LogP) is 5.77. The predicted molar refractivity (Wildman–Crippen MR) is 147 cm³/mol. The number of rotatable bonds is 9. The molecule has 1 aliphatic rings. The Balaban J connectivity index is 1.65. The molecule has 0 aromatic heterocycles. The van der Waals surface area contributed by atoms with Crippen molar-refractivity contribution in [1.29, 1.82) is 0 Å². The van der Waals surface area contributed by atoms with Crippen LogP contribution >= 0.6 is 0 Å². The molecule has 0 aliphatic carbocycles. The van der Waals surface area contributed by atoms with Gasteiger partial charge >= 0.3 is 12.0 Å². The monoisotopic (exact) mass is 511 g/mol. The number of carbonyl (C=O) groups excluding carboxylic acids is 3. The number of urea groups is 1. The number of hydrogen-bond donors (Lipinski definition) is 2. The second-order valence-corrected chi connectivity index (χ2v) is 9.25. The lowest BCUT2D eigenvalue weighted by molar-refractivity contribution is -0.136. The Morgan fingerprint density at radius 3 is 2.18 bits per heavy atom. The van der Waals surface area contributed by atoms with Crippen LogP contribution in [0, 0.1) is 0 Å². The average Bonchev–Trinajstić information content (AvgIpc) is 2.94. The van der Waals surface area contributed by atoms with Crippen LogP contribution in [0.3, 0.4) is 0 Å². The highest BCUT2D eigenvalue weighted by molar-refractivity contribution is 5.98. The lowest BCUT2D eigenvalue weighted by Crippen LogP contribution is -2.48. The number of ether oxygens (including phenoxy) is 1. The van der Waals surface area contributed by atoms with Crippen LogP contribution in [0.1, 0.15) is 55.3 Å². The first-order chi connectivity index (χ1) is 18.4. The first kappa shape index (κ1) is 26.7. The first-order valence-corrected chi connectivity index (χ1v) is 12.8. The summed E-state index contributed by atoms with van der Waals surface area (Å²) in [6, 6.07) is 25.5. The SMILES string of the molecule is CCCCN1C(=O)N[C@@H](c2cccc(NC(=O)C(c3ccccc3)c3ccccc3)c2)C(C(=O)OC)=C1C. The van der Waals surface area contributed by atoms with Gasteiger partial charge < -0.3 is 15.4 Å². The molecule has 3 aromatic carbocycles. The molecular formula is C31H33N3O4. The average molecular weight is 512 g/mol. The maximum absolute atomic E-state index is 13.6. The van der Waals surface area contributed by atoms with Crippen molar-refractivity contribution in [2.45, 2.75) is 38.6 Å². The Morgan fingerprint density at radius 2 is 1.61 bits per heavy atom. The number of nitrogens with zero attached hydrogens (tertiary/aromatic N) is 1. The second kappa shape index (κ2) is 12.2. The molecule has 0 spiro atoms. The zero-order valence-corrected chi connectivity index (χ0v) is 21.9. The standard InChI is InChI=1S/C31H33N3O4/c1-4-5-19-34-21(2)26(30(36)38-3)28(33-31(34)37)24-17-12-18-25(20-24)32-29(35)27(22-13-8-6-9-14-22)23-15-10-7-11-16-23/h6-18,20,27-28H,4-5,19H2,1-3H3,(H,32,35)(H,33,37)/t28-/m0/s1. The summed E-state index contributed by atoms with van der Waals surface area (Å²) in [5.41, 5.74) is 3.94. The maximum Gasteiger partial charge on any atom is 0.337 e. The summed E-state index contributed by atoms with van der Waals surface area (Å²) in [6.07, 6.45) is 1.73. The molecule has 0 unspecified atom stereocenters. The quantitative estimate of drug-likeness (QED) is 0.357. The number of unbranched alkanes of at least 4 members (excludes halogenated alkanes) is 1. The van der Waals surface area contributed by atoms with Gasteiger partial charge in [-0.25, -0.2) is 9.59 Å². The van der Waals surface area contributed by atoms with Crippen LogP contribution in [0.15, 0.2) is 96.2 Å². The molecule has 3 aromatic rings. The zero-order chi connectivity index (χ0) is 27.1. The number of anilines is 1. The largest absolute Gasteiger partial charge is 0.466 e. The van der Waals surface area contributed by atoms with Gasteiger partial charge in [0.25, 0.3) is 0 Å². The normalized spacial score (nSPS) is 15.3. The number of esters is 1. The molecule has 38 heavy (non-hydrogen) atoms. The number of carbonyl (C=O) groups is 3. The van der Waals surface area contributed by atoms with E-state index in [2.05, 4.69) is 10.6 Å². The molecule has 1 aliphatic heterocycles. The molecule has 0 saturated carbocycles. The van der Waals surface area contributed by atoms with Gasteiger partial charge in [-0.15, -0.1) is 0 Å². The smallest absolute Gasteiger partial charge is 0.337 e. The van der Waals surface area contributed by atoms with Crippen molar-refractivity contribution < 1.29 is 19.1 Å². The van der Waals surface area contributed by atoms with E-state index in [1.54, 1.807) is 30.0 Å². The third-order valence-corrected chi connectivity index (χ3v) is 6.75. The van der Waals surface area contributed by atoms with Crippen LogP contribution in [0.5, 0.6) is 0 Å². The Hall–Kier alpha value is -4.39. The topological polar surface area (TPSA) is 87.7 Å². The molecule has 7 nitrogen and oxygen atoms in total. The molecule has 2 N–H and O–H groups in total. The second-order valence-electron chi connectivity index (χ2n) is 9.25.